The van der Waals surface area contributed by atoms with Gasteiger partial charge < -0.3 is 0 Å². The van der Waals surface area contributed by atoms with Gasteiger partial charge in [0.25, 0.3) is 5.24 Å². The van der Waals surface area contributed by atoms with Crippen LogP contribution in [0.15, 0.2) is 24.4 Å². The van der Waals surface area contributed by atoms with Crippen LogP contribution in [0.4, 0.5) is 0 Å². The smallest absolute Gasteiger partial charge is 0.274 e. The van der Waals surface area contributed by atoms with E-state index in [0.29, 0.717) is 15.7 Å². The molecule has 7 heteroatoms. The molecule has 0 bridgehead atoms. The second-order valence-corrected chi connectivity index (χ2v) is 4.10. The summed E-state index contributed by atoms with van der Waals surface area (Å²) >= 11 is 17.0. The van der Waals surface area contributed by atoms with Gasteiger partial charge in [0.15, 0.2) is 5.69 Å². The maximum Gasteiger partial charge on any atom is 0.274 e. The van der Waals surface area contributed by atoms with Gasteiger partial charge in [0.05, 0.1) is 16.9 Å². The van der Waals surface area contributed by atoms with Crippen molar-refractivity contribution in [2.45, 2.75) is 0 Å². The molecule has 0 fully saturated rings. The normalized spacial score (nSPS) is 10.4. The van der Waals surface area contributed by atoms with Crippen molar-refractivity contribution in [2.24, 2.45) is 0 Å². The summed E-state index contributed by atoms with van der Waals surface area (Å²) in [4.78, 5) is 10.8. The third-order valence-electron chi connectivity index (χ3n) is 1.85. The first-order valence-electron chi connectivity index (χ1n) is 4.15. The minimum atomic E-state index is -0.676. The zero-order chi connectivity index (χ0) is 11.7. The van der Waals surface area contributed by atoms with Gasteiger partial charge in [0, 0.05) is 5.02 Å². The van der Waals surface area contributed by atoms with E-state index in [4.69, 9.17) is 34.8 Å². The number of hydrogen-bond donors (Lipinski definition) is 0. The molecule has 0 radical (unpaired) electrons. The molecule has 82 valence electrons. The quantitative estimate of drug-likeness (QED) is 0.792. The molecule has 1 aromatic carbocycles. The highest BCUT2D eigenvalue weighted by Gasteiger charge is 2.10. The molecule has 0 aliphatic heterocycles. The van der Waals surface area contributed by atoms with Crippen LogP contribution in [-0.4, -0.2) is 20.2 Å². The third kappa shape index (κ3) is 2.19. The van der Waals surface area contributed by atoms with Crippen molar-refractivity contribution in [1.29, 1.82) is 0 Å². The van der Waals surface area contributed by atoms with Crippen LogP contribution >= 0.6 is 34.8 Å². The number of halogens is 3. The highest BCUT2D eigenvalue weighted by Crippen LogP contribution is 2.23. The molecule has 0 aliphatic carbocycles. The summed E-state index contributed by atoms with van der Waals surface area (Å²) in [6.07, 6.45) is 1.38. The zero-order valence-electron chi connectivity index (χ0n) is 7.69. The summed E-state index contributed by atoms with van der Waals surface area (Å²) in [5.41, 5.74) is 0.587. The summed E-state index contributed by atoms with van der Waals surface area (Å²) < 4.78 is 1.34. The number of benzene rings is 1. The van der Waals surface area contributed by atoms with Gasteiger partial charge in [-0.1, -0.05) is 28.4 Å². The van der Waals surface area contributed by atoms with Crippen LogP contribution in [0, 0.1) is 0 Å². The van der Waals surface area contributed by atoms with Gasteiger partial charge in [-0.2, -0.15) is 0 Å². The zero-order valence-corrected chi connectivity index (χ0v) is 9.96. The number of hydrogen-bond acceptors (Lipinski definition) is 3. The molecule has 0 saturated carbocycles. The minimum Gasteiger partial charge on any atom is -0.274 e. The summed E-state index contributed by atoms with van der Waals surface area (Å²) in [6, 6.07) is 4.89. The largest absolute Gasteiger partial charge is 0.274 e. The molecular formula is C9H4Cl3N3O. The van der Waals surface area contributed by atoms with Crippen molar-refractivity contribution in [2.75, 3.05) is 0 Å². The van der Waals surface area contributed by atoms with Gasteiger partial charge in [-0.3, -0.25) is 4.79 Å². The van der Waals surface area contributed by atoms with Crippen LogP contribution < -0.4 is 0 Å². The Morgan fingerprint density at radius 3 is 2.69 bits per heavy atom. The molecule has 0 atom stereocenters. The lowest BCUT2D eigenvalue weighted by atomic mass is 10.3. The SMILES string of the molecule is O=C(Cl)c1cn(-c2cc(Cl)ccc2Cl)nn1. The van der Waals surface area contributed by atoms with Crippen LogP contribution in [0.25, 0.3) is 5.69 Å². The van der Waals surface area contributed by atoms with E-state index in [1.165, 1.54) is 10.9 Å². The Labute approximate surface area is 106 Å². The predicted octanol–water partition coefficient (Wildman–Crippen LogP) is 2.95. The van der Waals surface area contributed by atoms with Gasteiger partial charge in [-0.05, 0) is 29.8 Å². The lowest BCUT2D eigenvalue weighted by Gasteiger charge is -2.02. The summed E-state index contributed by atoms with van der Waals surface area (Å²) in [5.74, 6) is 0. The van der Waals surface area contributed by atoms with E-state index in [1.54, 1.807) is 18.2 Å². The van der Waals surface area contributed by atoms with Crippen LogP contribution in [-0.2, 0) is 0 Å². The van der Waals surface area contributed by atoms with Crippen molar-refractivity contribution in [3.05, 3.63) is 40.1 Å². The fraction of sp³-hybridized carbons (Fsp3) is 0. The topological polar surface area (TPSA) is 47.8 Å². The highest BCUT2D eigenvalue weighted by atomic mass is 35.5. The average Bonchev–Trinajstić information content (AvgIpc) is 2.70. The summed E-state index contributed by atoms with van der Waals surface area (Å²) in [5, 5.41) is 7.60. The number of aromatic nitrogens is 3. The second kappa shape index (κ2) is 4.41. The summed E-state index contributed by atoms with van der Waals surface area (Å²) in [6.45, 7) is 0. The van der Waals surface area contributed by atoms with Crippen LogP contribution in [0.1, 0.15) is 10.5 Å². The maximum absolute atomic E-state index is 10.8. The Bertz CT molecular complexity index is 553. The number of carbonyl (C=O) groups is 1. The second-order valence-electron chi connectivity index (χ2n) is 2.92. The van der Waals surface area contributed by atoms with Crippen molar-refractivity contribution < 1.29 is 4.79 Å². The minimum absolute atomic E-state index is 0.0534. The first-order valence-corrected chi connectivity index (χ1v) is 5.29. The van der Waals surface area contributed by atoms with Crippen molar-refractivity contribution >= 4 is 40.0 Å². The van der Waals surface area contributed by atoms with Crippen LogP contribution in [0.5, 0.6) is 0 Å². The molecule has 16 heavy (non-hydrogen) atoms. The Morgan fingerprint density at radius 2 is 2.06 bits per heavy atom. The van der Waals surface area contributed by atoms with Gasteiger partial charge in [-0.15, -0.1) is 5.10 Å². The molecule has 0 spiro atoms. The van der Waals surface area contributed by atoms with Gasteiger partial charge >= 0.3 is 0 Å². The maximum atomic E-state index is 10.8. The predicted molar refractivity (Wildman–Crippen MR) is 61.6 cm³/mol. The van der Waals surface area contributed by atoms with E-state index in [9.17, 15) is 4.79 Å². The molecule has 4 nitrogen and oxygen atoms in total. The molecule has 2 aromatic rings. The van der Waals surface area contributed by atoms with E-state index >= 15 is 0 Å². The first kappa shape index (κ1) is 11.4. The molecule has 0 amide bonds. The number of carbonyl (C=O) groups excluding carboxylic acids is 1. The molecule has 1 heterocycles. The van der Waals surface area contributed by atoms with Crippen LogP contribution in [0.3, 0.4) is 0 Å². The molecular weight excluding hydrogens is 272 g/mol. The third-order valence-corrected chi connectivity index (χ3v) is 2.60. The van der Waals surface area contributed by atoms with E-state index in [-0.39, 0.29) is 5.69 Å². The van der Waals surface area contributed by atoms with Gasteiger partial charge in [-0.25, -0.2) is 4.68 Å². The molecule has 0 unspecified atom stereocenters. The van der Waals surface area contributed by atoms with Gasteiger partial charge in [0.2, 0.25) is 0 Å². The van der Waals surface area contributed by atoms with Gasteiger partial charge in [0.1, 0.15) is 0 Å². The molecule has 0 N–H and O–H groups in total. The number of nitrogens with zero attached hydrogens (tertiary/aromatic N) is 3. The molecule has 2 rings (SSSR count). The van der Waals surface area contributed by atoms with E-state index in [0.717, 1.165) is 0 Å². The van der Waals surface area contributed by atoms with E-state index in [2.05, 4.69) is 10.3 Å². The fourth-order valence-electron chi connectivity index (χ4n) is 1.13. The van der Waals surface area contributed by atoms with Crippen molar-refractivity contribution in [1.82, 2.24) is 15.0 Å². The Hall–Kier alpha value is -1.10. The number of rotatable bonds is 2. The molecule has 1 aromatic heterocycles. The fourth-order valence-corrected chi connectivity index (χ4v) is 1.59. The Kier molecular flexibility index (Phi) is 3.14. The molecule has 0 saturated heterocycles. The highest BCUT2D eigenvalue weighted by molar-refractivity contribution is 6.67. The average molecular weight is 277 g/mol. The van der Waals surface area contributed by atoms with E-state index < -0.39 is 5.24 Å². The summed E-state index contributed by atoms with van der Waals surface area (Å²) in [7, 11) is 0. The van der Waals surface area contributed by atoms with Crippen molar-refractivity contribution in [3.63, 3.8) is 0 Å². The monoisotopic (exact) mass is 275 g/mol. The van der Waals surface area contributed by atoms with Crippen LogP contribution in [0.2, 0.25) is 10.0 Å². The van der Waals surface area contributed by atoms with E-state index in [1.807, 2.05) is 0 Å². The Balaban J connectivity index is 2.50. The lowest BCUT2D eigenvalue weighted by Crippen LogP contribution is -1.95. The Morgan fingerprint density at radius 1 is 1.31 bits per heavy atom. The lowest BCUT2D eigenvalue weighted by molar-refractivity contribution is 0.107. The standard InChI is InChI=1S/C9H4Cl3N3O/c10-5-1-2-6(11)8(3-5)15-4-7(9(12)16)13-14-15/h1-4H. The van der Waals surface area contributed by atoms with Crippen molar-refractivity contribution in [3.8, 4) is 5.69 Å². The molecule has 0 aliphatic rings. The first-order chi connectivity index (χ1) is 7.58.